The van der Waals surface area contributed by atoms with Gasteiger partial charge in [0.2, 0.25) is 0 Å². The van der Waals surface area contributed by atoms with E-state index in [9.17, 15) is 13.2 Å². The highest BCUT2D eigenvalue weighted by molar-refractivity contribution is 7.90. The summed E-state index contributed by atoms with van der Waals surface area (Å²) in [5.74, 6) is 0.271. The summed E-state index contributed by atoms with van der Waals surface area (Å²) in [5, 5.41) is 0. The molecule has 0 aromatic rings. The van der Waals surface area contributed by atoms with Gasteiger partial charge in [-0.15, -0.1) is 0 Å². The minimum Gasteiger partial charge on any atom is -0.298 e. The Morgan fingerprint density at radius 1 is 1.11 bits per heavy atom. The van der Waals surface area contributed by atoms with Gasteiger partial charge in [0, 0.05) is 12.7 Å². The van der Waals surface area contributed by atoms with Gasteiger partial charge in [0.15, 0.2) is 5.78 Å². The standard InChI is InChI=1S/C14H27NO3S/c1-14(2,15-10-6-4-5-7-11-15)13(16)9-8-12-19(3,17)18/h4-12H2,1-3H3. The van der Waals surface area contributed by atoms with Crippen molar-refractivity contribution in [3.63, 3.8) is 0 Å². The molecule has 0 aliphatic carbocycles. The second-order valence-corrected chi connectivity index (χ2v) is 8.38. The Hall–Kier alpha value is -0.420. The Morgan fingerprint density at radius 3 is 2.11 bits per heavy atom. The lowest BCUT2D eigenvalue weighted by atomic mass is 9.93. The number of carbonyl (C=O) groups excluding carboxylic acids is 1. The van der Waals surface area contributed by atoms with Crippen LogP contribution in [0.4, 0.5) is 0 Å². The highest BCUT2D eigenvalue weighted by atomic mass is 32.2. The van der Waals surface area contributed by atoms with Crippen LogP contribution in [-0.2, 0) is 14.6 Å². The van der Waals surface area contributed by atoms with E-state index < -0.39 is 15.4 Å². The predicted octanol–water partition coefficient (Wildman–Crippen LogP) is 2.03. The zero-order chi connectivity index (χ0) is 14.5. The number of nitrogens with zero attached hydrogens (tertiary/aromatic N) is 1. The molecule has 1 aliphatic rings. The number of carbonyl (C=O) groups is 1. The quantitative estimate of drug-likeness (QED) is 0.751. The molecule has 5 heteroatoms. The summed E-state index contributed by atoms with van der Waals surface area (Å²) in [6.07, 6.45) is 6.81. The van der Waals surface area contributed by atoms with Gasteiger partial charge in [-0.2, -0.15) is 0 Å². The van der Waals surface area contributed by atoms with Crippen LogP contribution in [0.25, 0.3) is 0 Å². The Labute approximate surface area is 117 Å². The molecule has 4 nitrogen and oxygen atoms in total. The fourth-order valence-corrected chi connectivity index (χ4v) is 3.28. The van der Waals surface area contributed by atoms with Crippen LogP contribution in [0.3, 0.4) is 0 Å². The van der Waals surface area contributed by atoms with E-state index in [2.05, 4.69) is 4.90 Å². The van der Waals surface area contributed by atoms with Gasteiger partial charge in [0.25, 0.3) is 0 Å². The Morgan fingerprint density at radius 2 is 1.63 bits per heavy atom. The summed E-state index contributed by atoms with van der Waals surface area (Å²) in [4.78, 5) is 14.6. The Bertz CT molecular complexity index is 393. The van der Waals surface area contributed by atoms with E-state index in [-0.39, 0.29) is 11.5 Å². The van der Waals surface area contributed by atoms with Crippen LogP contribution in [0.2, 0.25) is 0 Å². The number of sulfone groups is 1. The lowest BCUT2D eigenvalue weighted by Crippen LogP contribution is -2.50. The van der Waals surface area contributed by atoms with Gasteiger partial charge >= 0.3 is 0 Å². The number of likely N-dealkylation sites (tertiary alicyclic amines) is 1. The molecular formula is C14H27NO3S. The fraction of sp³-hybridized carbons (Fsp3) is 0.929. The average Bonchev–Trinajstić information content (AvgIpc) is 2.55. The molecule has 0 aromatic carbocycles. The van der Waals surface area contributed by atoms with Crippen LogP contribution >= 0.6 is 0 Å². The molecule has 1 fully saturated rings. The first-order chi connectivity index (χ1) is 8.73. The molecular weight excluding hydrogens is 262 g/mol. The molecule has 0 amide bonds. The van der Waals surface area contributed by atoms with Crippen molar-refractivity contribution in [3.8, 4) is 0 Å². The van der Waals surface area contributed by atoms with Gasteiger partial charge in [-0.25, -0.2) is 8.42 Å². The maximum Gasteiger partial charge on any atom is 0.152 e. The molecule has 0 radical (unpaired) electrons. The molecule has 112 valence electrons. The van der Waals surface area contributed by atoms with Crippen LogP contribution in [-0.4, -0.2) is 49.7 Å². The van der Waals surface area contributed by atoms with Crippen LogP contribution < -0.4 is 0 Å². The second-order valence-electron chi connectivity index (χ2n) is 6.12. The second kappa shape index (κ2) is 6.84. The number of rotatable bonds is 6. The Kier molecular flexibility index (Phi) is 5.99. The topological polar surface area (TPSA) is 54.5 Å². The SMILES string of the molecule is CC(C)(C(=O)CCCS(C)(=O)=O)N1CCCCCC1. The van der Waals surface area contributed by atoms with Crippen molar-refractivity contribution >= 4 is 15.6 Å². The third kappa shape index (κ3) is 5.61. The fourth-order valence-electron chi connectivity index (χ4n) is 2.61. The zero-order valence-corrected chi connectivity index (χ0v) is 13.3. The van der Waals surface area contributed by atoms with Crippen molar-refractivity contribution in [3.05, 3.63) is 0 Å². The number of Topliss-reactive ketones (excluding diaryl/α,β-unsaturated/α-hetero) is 1. The van der Waals surface area contributed by atoms with E-state index in [1.807, 2.05) is 13.8 Å². The average molecular weight is 289 g/mol. The zero-order valence-electron chi connectivity index (χ0n) is 12.4. The predicted molar refractivity (Wildman–Crippen MR) is 78.1 cm³/mol. The van der Waals surface area contributed by atoms with Gasteiger partial charge in [0.05, 0.1) is 11.3 Å². The third-order valence-electron chi connectivity index (χ3n) is 4.00. The normalized spacial score (nSPS) is 19.1. The van der Waals surface area contributed by atoms with E-state index in [0.717, 1.165) is 25.9 Å². The van der Waals surface area contributed by atoms with Gasteiger partial charge in [0.1, 0.15) is 9.84 Å². The molecule has 0 spiro atoms. The summed E-state index contributed by atoms with van der Waals surface area (Å²) in [7, 11) is -2.96. The summed E-state index contributed by atoms with van der Waals surface area (Å²) in [6, 6.07) is 0. The number of ketones is 1. The smallest absolute Gasteiger partial charge is 0.152 e. The summed E-state index contributed by atoms with van der Waals surface area (Å²) in [6.45, 7) is 5.90. The van der Waals surface area contributed by atoms with E-state index in [4.69, 9.17) is 0 Å². The summed E-state index contributed by atoms with van der Waals surface area (Å²) < 4.78 is 22.2. The highest BCUT2D eigenvalue weighted by Crippen LogP contribution is 2.22. The minimum absolute atomic E-state index is 0.106. The highest BCUT2D eigenvalue weighted by Gasteiger charge is 2.33. The van der Waals surface area contributed by atoms with E-state index in [0.29, 0.717) is 12.8 Å². The van der Waals surface area contributed by atoms with Crippen molar-refractivity contribution in [2.45, 2.75) is 57.9 Å². The molecule has 0 atom stereocenters. The van der Waals surface area contributed by atoms with Gasteiger partial charge in [-0.05, 0) is 46.2 Å². The summed E-state index contributed by atoms with van der Waals surface area (Å²) in [5.41, 5.74) is -0.457. The monoisotopic (exact) mass is 289 g/mol. The van der Waals surface area contributed by atoms with Crippen LogP contribution in [0.15, 0.2) is 0 Å². The van der Waals surface area contributed by atoms with E-state index in [1.165, 1.54) is 19.1 Å². The molecule has 1 saturated heterocycles. The molecule has 0 N–H and O–H groups in total. The molecule has 0 saturated carbocycles. The van der Waals surface area contributed by atoms with Crippen molar-refractivity contribution in [2.75, 3.05) is 25.1 Å². The van der Waals surface area contributed by atoms with Crippen molar-refractivity contribution in [2.24, 2.45) is 0 Å². The maximum atomic E-state index is 12.3. The summed E-state index contributed by atoms with van der Waals surface area (Å²) >= 11 is 0. The molecule has 0 unspecified atom stereocenters. The van der Waals surface area contributed by atoms with Crippen LogP contribution in [0, 0.1) is 0 Å². The first-order valence-corrected chi connectivity index (χ1v) is 9.25. The van der Waals surface area contributed by atoms with Crippen LogP contribution in [0.5, 0.6) is 0 Å². The lowest BCUT2D eigenvalue weighted by Gasteiger charge is -2.36. The molecule has 0 aromatic heterocycles. The van der Waals surface area contributed by atoms with Gasteiger partial charge < -0.3 is 0 Å². The first-order valence-electron chi connectivity index (χ1n) is 7.19. The van der Waals surface area contributed by atoms with Crippen molar-refractivity contribution in [1.29, 1.82) is 0 Å². The van der Waals surface area contributed by atoms with Gasteiger partial charge in [-0.1, -0.05) is 12.8 Å². The third-order valence-corrected chi connectivity index (χ3v) is 5.03. The molecule has 19 heavy (non-hydrogen) atoms. The molecule has 1 rings (SSSR count). The molecule has 0 bridgehead atoms. The van der Waals surface area contributed by atoms with Crippen molar-refractivity contribution in [1.82, 2.24) is 4.90 Å². The lowest BCUT2D eigenvalue weighted by molar-refractivity contribution is -0.129. The van der Waals surface area contributed by atoms with Crippen LogP contribution in [0.1, 0.15) is 52.4 Å². The van der Waals surface area contributed by atoms with Gasteiger partial charge in [-0.3, -0.25) is 9.69 Å². The minimum atomic E-state index is -2.96. The number of hydrogen-bond donors (Lipinski definition) is 0. The maximum absolute atomic E-state index is 12.3. The first kappa shape index (κ1) is 16.6. The molecule has 1 aliphatic heterocycles. The van der Waals surface area contributed by atoms with Crippen molar-refractivity contribution < 1.29 is 13.2 Å². The molecule has 1 heterocycles. The largest absolute Gasteiger partial charge is 0.298 e. The van der Waals surface area contributed by atoms with E-state index >= 15 is 0 Å². The Balaban J connectivity index is 2.52. The number of hydrogen-bond acceptors (Lipinski definition) is 4. The van der Waals surface area contributed by atoms with E-state index in [1.54, 1.807) is 0 Å².